The second-order valence-corrected chi connectivity index (χ2v) is 5.82. The summed E-state index contributed by atoms with van der Waals surface area (Å²) in [4.78, 5) is 7.26. The largest absolute Gasteiger partial charge is 0.434 e. The molecular weight excluding hydrogens is 335 g/mol. The Labute approximate surface area is 148 Å². The van der Waals surface area contributed by atoms with Gasteiger partial charge in [0, 0.05) is 29.1 Å². The normalized spacial score (nSPS) is 10.8. The van der Waals surface area contributed by atoms with Crippen LogP contribution in [0.5, 0.6) is 17.4 Å². The monoisotopic (exact) mass is 350 g/mol. The highest BCUT2D eigenvalue weighted by molar-refractivity contribution is 5.83. The number of nitrogens with one attached hydrogen (secondary N) is 1. The minimum absolute atomic E-state index is 0.0912. The van der Waals surface area contributed by atoms with Crippen molar-refractivity contribution in [1.29, 1.82) is 0 Å². The average molecular weight is 350 g/mol. The highest BCUT2D eigenvalue weighted by Crippen LogP contribution is 2.34. The lowest BCUT2D eigenvalue weighted by molar-refractivity contribution is 0.431. The molecule has 0 aliphatic carbocycles. The predicted octanol–water partition coefficient (Wildman–Crippen LogP) is 4.12. The molecule has 0 aliphatic heterocycles. The van der Waals surface area contributed by atoms with Gasteiger partial charge in [-0.1, -0.05) is 5.92 Å². The number of aromatic amines is 1. The summed E-state index contributed by atoms with van der Waals surface area (Å²) in [6, 6.07) is 5.09. The SMILES string of the molecule is CC#COc1cn2ncnc(Oc3ccc4[nH]c(C)cc4c3F)c2c1C. The third-order valence-corrected chi connectivity index (χ3v) is 4.05. The molecule has 26 heavy (non-hydrogen) atoms. The Bertz CT molecular complexity index is 1200. The van der Waals surface area contributed by atoms with Crippen LogP contribution in [0.2, 0.25) is 0 Å². The molecule has 0 bridgehead atoms. The zero-order valence-corrected chi connectivity index (χ0v) is 14.4. The number of hydrogen-bond acceptors (Lipinski definition) is 4. The highest BCUT2D eigenvalue weighted by atomic mass is 19.1. The van der Waals surface area contributed by atoms with E-state index in [9.17, 15) is 4.39 Å². The van der Waals surface area contributed by atoms with E-state index in [1.165, 1.54) is 6.33 Å². The van der Waals surface area contributed by atoms with Gasteiger partial charge in [-0.05, 0) is 32.0 Å². The fourth-order valence-electron chi connectivity index (χ4n) is 2.86. The van der Waals surface area contributed by atoms with Gasteiger partial charge in [-0.25, -0.2) is 8.91 Å². The van der Waals surface area contributed by atoms with Gasteiger partial charge in [0.05, 0.1) is 6.20 Å². The molecule has 1 aromatic carbocycles. The third-order valence-electron chi connectivity index (χ3n) is 4.05. The summed E-state index contributed by atoms with van der Waals surface area (Å²) in [5.41, 5.74) is 2.93. The Hall–Kier alpha value is -3.53. The molecule has 3 heterocycles. The Morgan fingerprint density at radius 3 is 2.88 bits per heavy atom. The first kappa shape index (κ1) is 16.0. The number of rotatable bonds is 3. The van der Waals surface area contributed by atoms with Gasteiger partial charge >= 0.3 is 0 Å². The van der Waals surface area contributed by atoms with Gasteiger partial charge in [-0.3, -0.25) is 0 Å². The molecule has 0 saturated heterocycles. The van der Waals surface area contributed by atoms with Crippen molar-refractivity contribution in [1.82, 2.24) is 19.6 Å². The molecule has 0 aliphatic rings. The standard InChI is InChI=1S/C19H15FN4O2/c1-4-7-25-16-9-24-18(12(16)3)19(21-10-22-24)26-15-6-5-14-13(17(15)20)8-11(2)23-14/h5-6,8-10,23H,1-3H3. The van der Waals surface area contributed by atoms with E-state index in [0.717, 1.165) is 11.3 Å². The summed E-state index contributed by atoms with van der Waals surface area (Å²) >= 11 is 0. The Balaban J connectivity index is 1.81. The third kappa shape index (κ3) is 2.52. The van der Waals surface area contributed by atoms with Crippen LogP contribution in [0.15, 0.2) is 30.7 Å². The van der Waals surface area contributed by atoms with Gasteiger partial charge in [0.25, 0.3) is 0 Å². The summed E-state index contributed by atoms with van der Waals surface area (Å²) < 4.78 is 27.5. The van der Waals surface area contributed by atoms with Crippen molar-refractivity contribution >= 4 is 16.4 Å². The van der Waals surface area contributed by atoms with Crippen LogP contribution in [-0.4, -0.2) is 19.6 Å². The predicted molar refractivity (Wildman–Crippen MR) is 94.9 cm³/mol. The first-order valence-electron chi connectivity index (χ1n) is 7.95. The second-order valence-electron chi connectivity index (χ2n) is 5.82. The van der Waals surface area contributed by atoms with E-state index >= 15 is 0 Å². The van der Waals surface area contributed by atoms with Gasteiger partial charge < -0.3 is 14.5 Å². The van der Waals surface area contributed by atoms with Crippen LogP contribution in [0.3, 0.4) is 0 Å². The lowest BCUT2D eigenvalue weighted by Gasteiger charge is -2.08. The summed E-state index contributed by atoms with van der Waals surface area (Å²) in [5.74, 6) is 3.10. The van der Waals surface area contributed by atoms with Crippen molar-refractivity contribution in [3.8, 4) is 29.4 Å². The van der Waals surface area contributed by atoms with Crippen molar-refractivity contribution in [3.05, 3.63) is 47.8 Å². The molecule has 4 rings (SSSR count). The summed E-state index contributed by atoms with van der Waals surface area (Å²) in [5, 5.41) is 4.62. The summed E-state index contributed by atoms with van der Waals surface area (Å²) in [6.07, 6.45) is 5.57. The first-order valence-corrected chi connectivity index (χ1v) is 7.95. The summed E-state index contributed by atoms with van der Waals surface area (Å²) in [6.45, 7) is 5.40. The first-order chi connectivity index (χ1) is 12.6. The number of nitrogens with zero attached hydrogens (tertiary/aromatic N) is 3. The van der Waals surface area contributed by atoms with Crippen LogP contribution >= 0.6 is 0 Å². The van der Waals surface area contributed by atoms with Crippen LogP contribution in [0.1, 0.15) is 18.2 Å². The molecule has 0 amide bonds. The van der Waals surface area contributed by atoms with E-state index in [1.807, 2.05) is 13.8 Å². The molecule has 0 fully saturated rings. The van der Waals surface area contributed by atoms with E-state index in [1.54, 1.807) is 35.8 Å². The molecular formula is C19H15FN4O2. The Kier molecular flexibility index (Phi) is 3.73. The molecule has 6 nitrogen and oxygen atoms in total. The molecule has 0 spiro atoms. The maximum absolute atomic E-state index is 14.8. The fourth-order valence-corrected chi connectivity index (χ4v) is 2.86. The number of ether oxygens (including phenoxy) is 2. The Morgan fingerprint density at radius 2 is 2.08 bits per heavy atom. The van der Waals surface area contributed by atoms with Crippen molar-refractivity contribution < 1.29 is 13.9 Å². The fraction of sp³-hybridized carbons (Fsp3) is 0.158. The molecule has 7 heteroatoms. The summed E-state index contributed by atoms with van der Waals surface area (Å²) in [7, 11) is 0. The molecule has 1 N–H and O–H groups in total. The van der Waals surface area contributed by atoms with Crippen LogP contribution < -0.4 is 9.47 Å². The van der Waals surface area contributed by atoms with E-state index in [4.69, 9.17) is 9.47 Å². The molecule has 0 saturated carbocycles. The van der Waals surface area contributed by atoms with Gasteiger partial charge in [0.2, 0.25) is 5.88 Å². The minimum Gasteiger partial charge on any atom is -0.434 e. The maximum Gasteiger partial charge on any atom is 0.247 e. The van der Waals surface area contributed by atoms with E-state index in [2.05, 4.69) is 27.1 Å². The topological polar surface area (TPSA) is 64.4 Å². The van der Waals surface area contributed by atoms with Gasteiger partial charge in [0.1, 0.15) is 18.0 Å². The van der Waals surface area contributed by atoms with E-state index in [-0.39, 0.29) is 11.6 Å². The average Bonchev–Trinajstić information content (AvgIpc) is 3.16. The number of aryl methyl sites for hydroxylation is 2. The molecule has 0 unspecified atom stereocenters. The van der Waals surface area contributed by atoms with Crippen molar-refractivity contribution in [2.24, 2.45) is 0 Å². The minimum atomic E-state index is -0.443. The van der Waals surface area contributed by atoms with Crippen LogP contribution in [0.25, 0.3) is 16.4 Å². The zero-order valence-electron chi connectivity index (χ0n) is 14.4. The van der Waals surface area contributed by atoms with Crippen molar-refractivity contribution in [3.63, 3.8) is 0 Å². The van der Waals surface area contributed by atoms with Crippen molar-refractivity contribution in [2.45, 2.75) is 20.8 Å². The maximum atomic E-state index is 14.8. The number of fused-ring (bicyclic) bond motifs is 2. The molecule has 3 aromatic heterocycles. The lowest BCUT2D eigenvalue weighted by atomic mass is 10.2. The number of halogens is 1. The molecule has 4 aromatic rings. The van der Waals surface area contributed by atoms with Crippen LogP contribution in [0.4, 0.5) is 4.39 Å². The highest BCUT2D eigenvalue weighted by Gasteiger charge is 2.18. The molecule has 130 valence electrons. The number of benzene rings is 1. The van der Waals surface area contributed by atoms with Gasteiger partial charge in [-0.15, -0.1) is 0 Å². The Morgan fingerprint density at radius 1 is 1.23 bits per heavy atom. The zero-order chi connectivity index (χ0) is 18.3. The number of hydrogen-bond donors (Lipinski definition) is 1. The van der Waals surface area contributed by atoms with Crippen molar-refractivity contribution in [2.75, 3.05) is 0 Å². The van der Waals surface area contributed by atoms with Crippen LogP contribution in [-0.2, 0) is 0 Å². The molecule has 0 radical (unpaired) electrons. The van der Waals surface area contributed by atoms with E-state index in [0.29, 0.717) is 22.2 Å². The van der Waals surface area contributed by atoms with Gasteiger partial charge in [0.15, 0.2) is 17.3 Å². The number of H-pyrrole nitrogens is 1. The smallest absolute Gasteiger partial charge is 0.247 e. The van der Waals surface area contributed by atoms with E-state index < -0.39 is 5.82 Å². The quantitative estimate of drug-likeness (QED) is 0.565. The number of aromatic nitrogens is 4. The van der Waals surface area contributed by atoms with Gasteiger partial charge in [-0.2, -0.15) is 10.1 Å². The second kappa shape index (κ2) is 6.08. The van der Waals surface area contributed by atoms with Crippen LogP contribution in [0, 0.1) is 31.7 Å². The molecule has 0 atom stereocenters. The lowest BCUT2D eigenvalue weighted by Crippen LogP contribution is -1.98.